The topological polar surface area (TPSA) is 35.5 Å². The minimum Gasteiger partial charge on any atom is -0.497 e. The summed E-state index contributed by atoms with van der Waals surface area (Å²) in [7, 11) is 3.28. The van der Waals surface area contributed by atoms with E-state index in [1.54, 1.807) is 20.3 Å². The second-order valence-electron chi connectivity index (χ2n) is 5.71. The lowest BCUT2D eigenvalue weighted by molar-refractivity contribution is -0.115. The van der Waals surface area contributed by atoms with Crippen LogP contribution >= 0.6 is 0 Å². The lowest BCUT2D eigenvalue weighted by atomic mass is 9.80. The summed E-state index contributed by atoms with van der Waals surface area (Å²) in [6.45, 7) is 0. The zero-order chi connectivity index (χ0) is 16.2. The molecule has 1 aliphatic carbocycles. The van der Waals surface area contributed by atoms with E-state index in [1.807, 2.05) is 48.5 Å². The summed E-state index contributed by atoms with van der Waals surface area (Å²) in [4.78, 5) is 12.2. The molecule has 3 rings (SSSR count). The van der Waals surface area contributed by atoms with Gasteiger partial charge in [0.15, 0.2) is 5.78 Å². The molecule has 1 aliphatic rings. The Morgan fingerprint density at radius 2 is 1.74 bits per heavy atom. The highest BCUT2D eigenvalue weighted by atomic mass is 16.5. The van der Waals surface area contributed by atoms with E-state index in [4.69, 9.17) is 9.47 Å². The number of rotatable bonds is 4. The third kappa shape index (κ3) is 3.29. The van der Waals surface area contributed by atoms with Crippen LogP contribution in [0.2, 0.25) is 0 Å². The third-order valence-electron chi connectivity index (χ3n) is 4.27. The summed E-state index contributed by atoms with van der Waals surface area (Å²) in [5.74, 6) is 1.82. The van der Waals surface area contributed by atoms with Gasteiger partial charge in [-0.3, -0.25) is 4.79 Å². The average molecular weight is 308 g/mol. The molecule has 0 fully saturated rings. The molecular weight excluding hydrogens is 288 g/mol. The first-order valence-corrected chi connectivity index (χ1v) is 7.72. The molecule has 2 aromatic rings. The molecule has 0 N–H and O–H groups in total. The van der Waals surface area contributed by atoms with Gasteiger partial charge >= 0.3 is 0 Å². The highest BCUT2D eigenvalue weighted by Crippen LogP contribution is 2.40. The molecule has 1 atom stereocenters. The maximum Gasteiger partial charge on any atom is 0.156 e. The lowest BCUT2D eigenvalue weighted by Crippen LogP contribution is -2.13. The molecular formula is C20H20O3. The Hall–Kier alpha value is -2.55. The van der Waals surface area contributed by atoms with Crippen LogP contribution in [-0.4, -0.2) is 20.0 Å². The van der Waals surface area contributed by atoms with Gasteiger partial charge in [0, 0.05) is 12.5 Å². The van der Waals surface area contributed by atoms with E-state index in [-0.39, 0.29) is 11.7 Å². The molecule has 2 aromatic carbocycles. The van der Waals surface area contributed by atoms with E-state index in [9.17, 15) is 4.79 Å². The van der Waals surface area contributed by atoms with E-state index in [0.717, 1.165) is 34.6 Å². The smallest absolute Gasteiger partial charge is 0.156 e. The fourth-order valence-electron chi connectivity index (χ4n) is 3.12. The SMILES string of the molecule is COc1ccc([C@@H]2CC(=O)C=C(c3ccccc3)C2)c(OC)c1. The second kappa shape index (κ2) is 6.69. The normalized spacial score (nSPS) is 17.6. The maximum absolute atomic E-state index is 12.2. The van der Waals surface area contributed by atoms with Gasteiger partial charge in [-0.15, -0.1) is 0 Å². The molecule has 0 saturated heterocycles. The van der Waals surface area contributed by atoms with Gasteiger partial charge < -0.3 is 9.47 Å². The van der Waals surface area contributed by atoms with Crippen LogP contribution in [-0.2, 0) is 4.79 Å². The minimum atomic E-state index is 0.128. The largest absolute Gasteiger partial charge is 0.497 e. The first-order chi connectivity index (χ1) is 11.2. The van der Waals surface area contributed by atoms with Gasteiger partial charge in [0.25, 0.3) is 0 Å². The summed E-state index contributed by atoms with van der Waals surface area (Å²) in [5.41, 5.74) is 3.26. The fourth-order valence-corrected chi connectivity index (χ4v) is 3.12. The van der Waals surface area contributed by atoms with E-state index in [0.29, 0.717) is 6.42 Å². The van der Waals surface area contributed by atoms with Crippen molar-refractivity contribution in [2.75, 3.05) is 14.2 Å². The molecule has 3 nitrogen and oxygen atoms in total. The summed E-state index contributed by atoms with van der Waals surface area (Å²) in [6, 6.07) is 15.9. The second-order valence-corrected chi connectivity index (χ2v) is 5.71. The first kappa shape index (κ1) is 15.3. The summed E-state index contributed by atoms with van der Waals surface area (Å²) >= 11 is 0. The number of carbonyl (C=O) groups is 1. The monoisotopic (exact) mass is 308 g/mol. The quantitative estimate of drug-likeness (QED) is 0.847. The van der Waals surface area contributed by atoms with Gasteiger partial charge in [-0.2, -0.15) is 0 Å². The van der Waals surface area contributed by atoms with E-state index >= 15 is 0 Å². The Bertz CT molecular complexity index is 732. The maximum atomic E-state index is 12.2. The Morgan fingerprint density at radius 1 is 0.957 bits per heavy atom. The molecule has 0 bridgehead atoms. The Labute approximate surface area is 136 Å². The average Bonchev–Trinajstić information content (AvgIpc) is 2.61. The van der Waals surface area contributed by atoms with Gasteiger partial charge in [0.05, 0.1) is 14.2 Å². The molecule has 0 amide bonds. The van der Waals surface area contributed by atoms with Crippen LogP contribution in [0.1, 0.15) is 29.9 Å². The number of methoxy groups -OCH3 is 2. The molecule has 0 aliphatic heterocycles. The van der Waals surface area contributed by atoms with Crippen molar-refractivity contribution in [3.05, 3.63) is 65.7 Å². The molecule has 0 aromatic heterocycles. The standard InChI is InChI=1S/C20H20O3/c1-22-18-8-9-19(20(13-18)23-2)16-10-15(11-17(21)12-16)14-6-4-3-5-7-14/h3-9,11,13,16H,10,12H2,1-2H3/t16-/m0/s1. The van der Waals surface area contributed by atoms with E-state index in [2.05, 4.69) is 0 Å². The first-order valence-electron chi connectivity index (χ1n) is 7.72. The van der Waals surface area contributed by atoms with Gasteiger partial charge in [-0.05, 0) is 41.2 Å². The van der Waals surface area contributed by atoms with Gasteiger partial charge in [0.1, 0.15) is 11.5 Å². The Morgan fingerprint density at radius 3 is 2.43 bits per heavy atom. The van der Waals surface area contributed by atoms with Crippen molar-refractivity contribution in [1.29, 1.82) is 0 Å². The van der Waals surface area contributed by atoms with Crippen molar-refractivity contribution in [2.24, 2.45) is 0 Å². The molecule has 0 heterocycles. The molecule has 23 heavy (non-hydrogen) atoms. The Kier molecular flexibility index (Phi) is 4.47. The molecule has 118 valence electrons. The van der Waals surface area contributed by atoms with Crippen LogP contribution in [0.4, 0.5) is 0 Å². The molecule has 0 saturated carbocycles. The minimum absolute atomic E-state index is 0.128. The molecule has 0 unspecified atom stereocenters. The highest BCUT2D eigenvalue weighted by molar-refractivity contribution is 5.99. The van der Waals surface area contributed by atoms with Gasteiger partial charge in [-0.25, -0.2) is 0 Å². The lowest BCUT2D eigenvalue weighted by Gasteiger charge is -2.24. The van der Waals surface area contributed by atoms with Crippen molar-refractivity contribution in [3.8, 4) is 11.5 Å². The van der Waals surface area contributed by atoms with Crippen molar-refractivity contribution in [2.45, 2.75) is 18.8 Å². The molecule has 0 radical (unpaired) electrons. The van der Waals surface area contributed by atoms with E-state index in [1.165, 1.54) is 0 Å². The van der Waals surface area contributed by atoms with Crippen molar-refractivity contribution in [3.63, 3.8) is 0 Å². The number of benzene rings is 2. The van der Waals surface area contributed by atoms with Crippen LogP contribution in [0, 0.1) is 0 Å². The number of hydrogen-bond donors (Lipinski definition) is 0. The van der Waals surface area contributed by atoms with Crippen LogP contribution in [0.15, 0.2) is 54.6 Å². The van der Waals surface area contributed by atoms with E-state index < -0.39 is 0 Å². The zero-order valence-electron chi connectivity index (χ0n) is 13.4. The summed E-state index contributed by atoms with van der Waals surface area (Å²) < 4.78 is 10.8. The number of allylic oxidation sites excluding steroid dienone is 2. The zero-order valence-corrected chi connectivity index (χ0v) is 13.4. The van der Waals surface area contributed by atoms with Gasteiger partial charge in [-0.1, -0.05) is 36.4 Å². The van der Waals surface area contributed by atoms with Crippen molar-refractivity contribution in [1.82, 2.24) is 0 Å². The number of ketones is 1. The predicted molar refractivity (Wildman–Crippen MR) is 90.9 cm³/mol. The van der Waals surface area contributed by atoms with Gasteiger partial charge in [0.2, 0.25) is 0 Å². The Balaban J connectivity index is 1.93. The van der Waals surface area contributed by atoms with Crippen LogP contribution in [0.25, 0.3) is 5.57 Å². The predicted octanol–water partition coefficient (Wildman–Crippen LogP) is 4.23. The third-order valence-corrected chi connectivity index (χ3v) is 4.27. The summed E-state index contributed by atoms with van der Waals surface area (Å²) in [6.07, 6.45) is 3.12. The number of ether oxygens (including phenoxy) is 2. The fraction of sp³-hybridized carbons (Fsp3) is 0.250. The van der Waals surface area contributed by atoms with Crippen molar-refractivity contribution >= 4 is 11.4 Å². The van der Waals surface area contributed by atoms with Crippen molar-refractivity contribution < 1.29 is 14.3 Å². The number of carbonyl (C=O) groups excluding carboxylic acids is 1. The van der Waals surface area contributed by atoms with Crippen LogP contribution < -0.4 is 9.47 Å². The van der Waals surface area contributed by atoms with Crippen LogP contribution in [0.5, 0.6) is 11.5 Å². The molecule has 3 heteroatoms. The summed E-state index contributed by atoms with van der Waals surface area (Å²) in [5, 5.41) is 0. The molecule has 0 spiro atoms. The van der Waals surface area contributed by atoms with Crippen LogP contribution in [0.3, 0.4) is 0 Å². The number of hydrogen-bond acceptors (Lipinski definition) is 3. The highest BCUT2D eigenvalue weighted by Gasteiger charge is 2.25.